The number of hydrogen-bond acceptors (Lipinski definition) is 4. The fourth-order valence-electron chi connectivity index (χ4n) is 2.10. The van der Waals surface area contributed by atoms with Crippen molar-refractivity contribution < 1.29 is 4.92 Å². The summed E-state index contributed by atoms with van der Waals surface area (Å²) in [5.74, 6) is 0. The fraction of sp³-hybridized carbons (Fsp3) is 0.455. The van der Waals surface area contributed by atoms with Crippen LogP contribution in [0.25, 0.3) is 0 Å². The van der Waals surface area contributed by atoms with Crippen molar-refractivity contribution in [3.63, 3.8) is 0 Å². The van der Waals surface area contributed by atoms with Crippen LogP contribution in [0.4, 0.5) is 17.1 Å². The van der Waals surface area contributed by atoms with E-state index in [0.29, 0.717) is 10.7 Å². The van der Waals surface area contributed by atoms with Gasteiger partial charge in [-0.25, -0.2) is 0 Å². The van der Waals surface area contributed by atoms with Gasteiger partial charge in [0.05, 0.1) is 15.6 Å². The summed E-state index contributed by atoms with van der Waals surface area (Å²) in [5.41, 5.74) is 6.46. The Morgan fingerprint density at radius 3 is 2.53 bits per heavy atom. The Kier molecular flexibility index (Phi) is 3.38. The highest BCUT2D eigenvalue weighted by Gasteiger charge is 2.22. The van der Waals surface area contributed by atoms with E-state index < -0.39 is 4.92 Å². The van der Waals surface area contributed by atoms with Crippen LogP contribution < -0.4 is 10.6 Å². The van der Waals surface area contributed by atoms with Crippen LogP contribution in [0.15, 0.2) is 12.1 Å². The molecule has 6 heteroatoms. The lowest BCUT2D eigenvalue weighted by atomic mass is 10.1. The molecule has 0 amide bonds. The third-order valence-corrected chi connectivity index (χ3v) is 3.31. The summed E-state index contributed by atoms with van der Waals surface area (Å²) >= 11 is 5.94. The molecule has 1 aliphatic rings. The van der Waals surface area contributed by atoms with Gasteiger partial charge in [-0.3, -0.25) is 10.1 Å². The van der Waals surface area contributed by atoms with Gasteiger partial charge in [-0.15, -0.1) is 0 Å². The van der Waals surface area contributed by atoms with E-state index >= 15 is 0 Å². The van der Waals surface area contributed by atoms with Gasteiger partial charge in [0.15, 0.2) is 0 Å². The monoisotopic (exact) mass is 255 g/mol. The molecule has 1 fully saturated rings. The van der Waals surface area contributed by atoms with E-state index in [0.717, 1.165) is 25.9 Å². The minimum Gasteiger partial charge on any atom is -0.397 e. The summed E-state index contributed by atoms with van der Waals surface area (Å²) in [7, 11) is 0. The lowest BCUT2D eigenvalue weighted by Gasteiger charge is -2.28. The first-order valence-corrected chi connectivity index (χ1v) is 5.96. The Hall–Kier alpha value is -1.49. The highest BCUT2D eigenvalue weighted by atomic mass is 35.5. The number of nitro benzene ring substituents is 1. The first kappa shape index (κ1) is 12.0. The second-order valence-corrected chi connectivity index (χ2v) is 4.57. The number of halogens is 1. The van der Waals surface area contributed by atoms with Crippen molar-refractivity contribution in [2.75, 3.05) is 23.7 Å². The van der Waals surface area contributed by atoms with Crippen molar-refractivity contribution in [2.45, 2.75) is 19.3 Å². The van der Waals surface area contributed by atoms with Crippen LogP contribution in [-0.2, 0) is 0 Å². The Balaban J connectivity index is 2.42. The normalized spacial score (nSPS) is 15.9. The van der Waals surface area contributed by atoms with Crippen LogP contribution in [0.3, 0.4) is 0 Å². The van der Waals surface area contributed by atoms with E-state index in [1.54, 1.807) is 6.07 Å². The zero-order valence-corrected chi connectivity index (χ0v) is 10.1. The van der Waals surface area contributed by atoms with Crippen molar-refractivity contribution in [3.8, 4) is 0 Å². The predicted octanol–water partition coefficient (Wildman–Crippen LogP) is 2.82. The minimum absolute atomic E-state index is 0.0359. The smallest absolute Gasteiger partial charge is 0.294 e. The average Bonchev–Trinajstić information content (AvgIpc) is 2.33. The molecule has 0 unspecified atom stereocenters. The Morgan fingerprint density at radius 2 is 1.94 bits per heavy atom. The summed E-state index contributed by atoms with van der Waals surface area (Å²) < 4.78 is 0. The molecule has 0 radical (unpaired) electrons. The van der Waals surface area contributed by atoms with E-state index in [4.69, 9.17) is 17.3 Å². The molecular formula is C11H14ClN3O2. The summed E-state index contributed by atoms with van der Waals surface area (Å²) in [6.45, 7) is 1.67. The zero-order valence-electron chi connectivity index (χ0n) is 9.36. The molecule has 2 N–H and O–H groups in total. The molecule has 5 nitrogen and oxygen atoms in total. The third kappa shape index (κ3) is 2.44. The van der Waals surface area contributed by atoms with Gasteiger partial charge in [-0.1, -0.05) is 11.6 Å². The van der Waals surface area contributed by atoms with Crippen molar-refractivity contribution in [1.82, 2.24) is 0 Å². The van der Waals surface area contributed by atoms with E-state index in [2.05, 4.69) is 0 Å². The molecule has 92 valence electrons. The van der Waals surface area contributed by atoms with Crippen molar-refractivity contribution in [2.24, 2.45) is 0 Å². The number of anilines is 2. The molecule has 1 aliphatic heterocycles. The minimum atomic E-state index is -0.406. The first-order valence-electron chi connectivity index (χ1n) is 5.58. The molecule has 1 saturated heterocycles. The molecule has 17 heavy (non-hydrogen) atoms. The van der Waals surface area contributed by atoms with Gasteiger partial charge in [-0.2, -0.15) is 0 Å². The number of nitrogens with two attached hydrogens (primary N) is 1. The van der Waals surface area contributed by atoms with Crippen molar-refractivity contribution in [3.05, 3.63) is 27.3 Å². The van der Waals surface area contributed by atoms with E-state index in [1.807, 2.05) is 4.90 Å². The molecule has 1 heterocycles. The van der Waals surface area contributed by atoms with Crippen molar-refractivity contribution in [1.29, 1.82) is 0 Å². The number of benzene rings is 1. The van der Waals surface area contributed by atoms with E-state index in [9.17, 15) is 10.1 Å². The summed E-state index contributed by atoms with van der Waals surface area (Å²) in [4.78, 5) is 12.6. The average molecular weight is 256 g/mol. The van der Waals surface area contributed by atoms with Crippen LogP contribution in [-0.4, -0.2) is 18.0 Å². The number of piperidine rings is 1. The number of nitro groups is 1. The van der Waals surface area contributed by atoms with E-state index in [-0.39, 0.29) is 11.4 Å². The van der Waals surface area contributed by atoms with Crippen LogP contribution >= 0.6 is 11.6 Å². The third-order valence-electron chi connectivity index (χ3n) is 2.99. The summed E-state index contributed by atoms with van der Waals surface area (Å²) in [6, 6.07) is 2.94. The Morgan fingerprint density at radius 1 is 1.29 bits per heavy atom. The lowest BCUT2D eigenvalue weighted by molar-refractivity contribution is -0.384. The maximum atomic E-state index is 11.0. The molecule has 0 spiro atoms. The molecular weight excluding hydrogens is 242 g/mol. The highest BCUT2D eigenvalue weighted by molar-refractivity contribution is 6.33. The standard InChI is InChI=1S/C11H14ClN3O2/c12-8-6-10(14-4-2-1-3-5-14)11(15(16)17)7-9(8)13/h6-7H,1-5,13H2. The maximum Gasteiger partial charge on any atom is 0.294 e. The van der Waals surface area contributed by atoms with Crippen LogP contribution in [0.5, 0.6) is 0 Å². The van der Waals surface area contributed by atoms with Gasteiger partial charge >= 0.3 is 0 Å². The molecule has 0 atom stereocenters. The number of nitrogens with zero attached hydrogens (tertiary/aromatic N) is 2. The van der Waals surface area contributed by atoms with Gasteiger partial charge in [0, 0.05) is 19.2 Å². The summed E-state index contributed by atoms with van der Waals surface area (Å²) in [6.07, 6.45) is 3.28. The number of nitrogen functional groups attached to an aromatic ring is 1. The van der Waals surface area contributed by atoms with Gasteiger partial charge in [-0.05, 0) is 25.3 Å². The Labute approximate surface area is 104 Å². The topological polar surface area (TPSA) is 72.4 Å². The fourth-order valence-corrected chi connectivity index (χ4v) is 2.26. The second-order valence-electron chi connectivity index (χ2n) is 4.17. The molecule has 0 aliphatic carbocycles. The number of rotatable bonds is 2. The SMILES string of the molecule is Nc1cc([N+](=O)[O-])c(N2CCCCC2)cc1Cl. The van der Waals surface area contributed by atoms with Crippen LogP contribution in [0.1, 0.15) is 19.3 Å². The second kappa shape index (κ2) is 4.79. The zero-order chi connectivity index (χ0) is 12.4. The van der Waals surface area contributed by atoms with Crippen LogP contribution in [0, 0.1) is 10.1 Å². The number of hydrogen-bond donors (Lipinski definition) is 1. The molecule has 1 aromatic carbocycles. The largest absolute Gasteiger partial charge is 0.397 e. The van der Waals surface area contributed by atoms with Gasteiger partial charge in [0.2, 0.25) is 0 Å². The lowest BCUT2D eigenvalue weighted by Crippen LogP contribution is -2.30. The molecule has 0 aromatic heterocycles. The predicted molar refractivity (Wildman–Crippen MR) is 68.6 cm³/mol. The van der Waals surface area contributed by atoms with Crippen molar-refractivity contribution >= 4 is 28.7 Å². The summed E-state index contributed by atoms with van der Waals surface area (Å²) in [5, 5.41) is 11.4. The molecule has 1 aromatic rings. The van der Waals surface area contributed by atoms with Gasteiger partial charge < -0.3 is 10.6 Å². The Bertz CT molecular complexity index is 445. The van der Waals surface area contributed by atoms with Gasteiger partial charge in [0.1, 0.15) is 5.69 Å². The van der Waals surface area contributed by atoms with E-state index in [1.165, 1.54) is 12.5 Å². The molecule has 0 bridgehead atoms. The maximum absolute atomic E-state index is 11.0. The quantitative estimate of drug-likeness (QED) is 0.501. The highest BCUT2D eigenvalue weighted by Crippen LogP contribution is 2.36. The first-order chi connectivity index (χ1) is 8.09. The molecule has 2 rings (SSSR count). The van der Waals surface area contributed by atoms with Crippen LogP contribution in [0.2, 0.25) is 5.02 Å². The van der Waals surface area contributed by atoms with Gasteiger partial charge in [0.25, 0.3) is 5.69 Å². The molecule has 0 saturated carbocycles.